The van der Waals surface area contributed by atoms with Crippen molar-refractivity contribution in [3.8, 4) is 12.3 Å². The lowest BCUT2D eigenvalue weighted by atomic mass is 9.90. The molecule has 0 amide bonds. The lowest BCUT2D eigenvalue weighted by molar-refractivity contribution is -0.124. The quantitative estimate of drug-likeness (QED) is 0.488. The van der Waals surface area contributed by atoms with Crippen LogP contribution in [0.4, 0.5) is 0 Å². The SMILES string of the molecule is C#CC(=O)C1(N2CCCC2)CCCC1. The summed E-state index contributed by atoms with van der Waals surface area (Å²) in [5.41, 5.74) is -0.259. The Balaban J connectivity index is 2.21. The van der Waals surface area contributed by atoms with Gasteiger partial charge in [-0.25, -0.2) is 0 Å². The molecule has 76 valence electrons. The minimum absolute atomic E-state index is 0.0249. The molecule has 2 aliphatic rings. The number of terminal acetylenes is 1. The van der Waals surface area contributed by atoms with E-state index < -0.39 is 0 Å². The van der Waals surface area contributed by atoms with Gasteiger partial charge in [-0.05, 0) is 44.7 Å². The van der Waals surface area contributed by atoms with Gasteiger partial charge in [0.15, 0.2) is 0 Å². The van der Waals surface area contributed by atoms with Crippen LogP contribution in [0.2, 0.25) is 0 Å². The van der Waals surface area contributed by atoms with Crippen LogP contribution < -0.4 is 0 Å². The largest absolute Gasteiger partial charge is 0.290 e. The van der Waals surface area contributed by atoms with E-state index in [4.69, 9.17) is 6.42 Å². The molecule has 1 saturated carbocycles. The number of ketones is 1. The molecule has 1 aliphatic carbocycles. The van der Waals surface area contributed by atoms with Crippen LogP contribution in [0.5, 0.6) is 0 Å². The van der Waals surface area contributed by atoms with Gasteiger partial charge in [0.25, 0.3) is 0 Å². The highest BCUT2D eigenvalue weighted by atomic mass is 16.1. The lowest BCUT2D eigenvalue weighted by Crippen LogP contribution is -2.50. The van der Waals surface area contributed by atoms with E-state index >= 15 is 0 Å². The van der Waals surface area contributed by atoms with Gasteiger partial charge in [-0.15, -0.1) is 6.42 Å². The number of Topliss-reactive ketones (excluding diaryl/α,β-unsaturated/α-hetero) is 1. The second kappa shape index (κ2) is 3.74. The number of hydrogen-bond acceptors (Lipinski definition) is 2. The molecule has 0 aromatic carbocycles. The van der Waals surface area contributed by atoms with E-state index in [1.54, 1.807) is 0 Å². The summed E-state index contributed by atoms with van der Waals surface area (Å²) in [6.07, 6.45) is 12.0. The van der Waals surface area contributed by atoms with Crippen LogP contribution in [-0.2, 0) is 4.79 Å². The van der Waals surface area contributed by atoms with Crippen molar-refractivity contribution in [1.29, 1.82) is 0 Å². The van der Waals surface area contributed by atoms with Gasteiger partial charge in [0, 0.05) is 0 Å². The van der Waals surface area contributed by atoms with Gasteiger partial charge >= 0.3 is 0 Å². The summed E-state index contributed by atoms with van der Waals surface area (Å²) >= 11 is 0. The second-order valence-electron chi connectivity index (χ2n) is 4.41. The van der Waals surface area contributed by atoms with Gasteiger partial charge in [0.2, 0.25) is 5.78 Å². The summed E-state index contributed by atoms with van der Waals surface area (Å²) in [4.78, 5) is 14.2. The molecule has 2 nitrogen and oxygen atoms in total. The van der Waals surface area contributed by atoms with Gasteiger partial charge < -0.3 is 0 Å². The van der Waals surface area contributed by atoms with E-state index in [-0.39, 0.29) is 11.3 Å². The maximum Gasteiger partial charge on any atom is 0.225 e. The number of rotatable bonds is 2. The molecule has 1 heterocycles. The Labute approximate surface area is 85.7 Å². The summed E-state index contributed by atoms with van der Waals surface area (Å²) in [6, 6.07) is 0. The van der Waals surface area contributed by atoms with Crippen LogP contribution >= 0.6 is 0 Å². The molecule has 0 radical (unpaired) electrons. The third-order valence-electron chi connectivity index (χ3n) is 3.70. The van der Waals surface area contributed by atoms with Crippen LogP contribution in [0, 0.1) is 12.3 Å². The first-order valence-electron chi connectivity index (χ1n) is 5.56. The highest BCUT2D eigenvalue weighted by Crippen LogP contribution is 2.37. The van der Waals surface area contributed by atoms with E-state index in [1.165, 1.54) is 12.8 Å². The highest BCUT2D eigenvalue weighted by Gasteiger charge is 2.45. The van der Waals surface area contributed by atoms with E-state index in [1.807, 2.05) is 0 Å². The Morgan fingerprint density at radius 3 is 2.21 bits per heavy atom. The van der Waals surface area contributed by atoms with Crippen molar-refractivity contribution in [2.24, 2.45) is 0 Å². The maximum atomic E-state index is 11.8. The van der Waals surface area contributed by atoms with E-state index in [0.29, 0.717) is 0 Å². The third kappa shape index (κ3) is 1.36. The van der Waals surface area contributed by atoms with Crippen molar-refractivity contribution in [3.05, 3.63) is 0 Å². The average molecular weight is 191 g/mol. The first-order chi connectivity index (χ1) is 6.79. The lowest BCUT2D eigenvalue weighted by Gasteiger charge is -2.35. The summed E-state index contributed by atoms with van der Waals surface area (Å²) < 4.78 is 0. The second-order valence-corrected chi connectivity index (χ2v) is 4.41. The highest BCUT2D eigenvalue weighted by molar-refractivity contribution is 6.02. The molecule has 1 aliphatic heterocycles. The van der Waals surface area contributed by atoms with Gasteiger partial charge in [0.05, 0.1) is 5.54 Å². The number of carbonyl (C=O) groups excluding carboxylic acids is 1. The fourth-order valence-electron chi connectivity index (χ4n) is 2.93. The molecular formula is C12H17NO. The first kappa shape index (κ1) is 9.73. The number of hydrogen-bond donors (Lipinski definition) is 0. The smallest absolute Gasteiger partial charge is 0.225 e. The molecule has 0 spiro atoms. The van der Waals surface area contributed by atoms with Gasteiger partial charge in [-0.3, -0.25) is 9.69 Å². The zero-order chi connectivity index (χ0) is 10.0. The van der Waals surface area contributed by atoms with Crippen molar-refractivity contribution in [2.45, 2.75) is 44.1 Å². The molecule has 14 heavy (non-hydrogen) atoms. The molecule has 0 bridgehead atoms. The monoisotopic (exact) mass is 191 g/mol. The molecule has 0 unspecified atom stereocenters. The number of carbonyl (C=O) groups is 1. The predicted molar refractivity (Wildman–Crippen MR) is 55.8 cm³/mol. The van der Waals surface area contributed by atoms with Crippen molar-refractivity contribution >= 4 is 5.78 Å². The van der Waals surface area contributed by atoms with Crippen LogP contribution in [0.3, 0.4) is 0 Å². The minimum Gasteiger partial charge on any atom is -0.290 e. The molecule has 0 N–H and O–H groups in total. The molecule has 0 atom stereocenters. The van der Waals surface area contributed by atoms with Gasteiger partial charge in [-0.1, -0.05) is 12.8 Å². The van der Waals surface area contributed by atoms with Crippen molar-refractivity contribution in [1.82, 2.24) is 4.90 Å². The maximum absolute atomic E-state index is 11.8. The van der Waals surface area contributed by atoms with Crippen molar-refractivity contribution in [3.63, 3.8) is 0 Å². The number of nitrogens with zero attached hydrogens (tertiary/aromatic N) is 1. The van der Waals surface area contributed by atoms with Crippen LogP contribution in [0.25, 0.3) is 0 Å². The normalized spacial score (nSPS) is 26.2. The third-order valence-corrected chi connectivity index (χ3v) is 3.70. The van der Waals surface area contributed by atoms with Crippen LogP contribution in [0.15, 0.2) is 0 Å². The van der Waals surface area contributed by atoms with E-state index in [2.05, 4.69) is 10.8 Å². The zero-order valence-electron chi connectivity index (χ0n) is 8.59. The molecule has 2 fully saturated rings. The topological polar surface area (TPSA) is 20.3 Å². The Hall–Kier alpha value is -0.810. The molecule has 0 aromatic heterocycles. The number of likely N-dealkylation sites (tertiary alicyclic amines) is 1. The Morgan fingerprint density at radius 1 is 1.14 bits per heavy atom. The molecule has 0 aromatic rings. The minimum atomic E-state index is -0.259. The van der Waals surface area contributed by atoms with Crippen molar-refractivity contribution < 1.29 is 4.79 Å². The Morgan fingerprint density at radius 2 is 1.71 bits per heavy atom. The zero-order valence-corrected chi connectivity index (χ0v) is 8.59. The predicted octanol–water partition coefficient (Wildman–Crippen LogP) is 1.60. The summed E-state index contributed by atoms with van der Waals surface area (Å²) in [5, 5.41) is 0. The molecule has 2 heteroatoms. The summed E-state index contributed by atoms with van der Waals surface area (Å²) in [7, 11) is 0. The fourth-order valence-corrected chi connectivity index (χ4v) is 2.93. The standard InChI is InChI=1S/C12H17NO/c1-2-11(14)12(7-3-4-8-12)13-9-5-6-10-13/h1H,3-10H2. The average Bonchev–Trinajstić information content (AvgIpc) is 2.86. The molecule has 1 saturated heterocycles. The van der Waals surface area contributed by atoms with Crippen LogP contribution in [0.1, 0.15) is 38.5 Å². The Bertz CT molecular complexity index is 265. The summed E-state index contributed by atoms with van der Waals surface area (Å²) in [6.45, 7) is 2.13. The summed E-state index contributed by atoms with van der Waals surface area (Å²) in [5.74, 6) is 2.37. The van der Waals surface area contributed by atoms with Gasteiger partial charge in [0.1, 0.15) is 0 Å². The fraction of sp³-hybridized carbons (Fsp3) is 0.750. The Kier molecular flexibility index (Phi) is 2.60. The first-order valence-corrected chi connectivity index (χ1v) is 5.56. The molecule has 2 rings (SSSR count). The van der Waals surface area contributed by atoms with E-state index in [9.17, 15) is 4.79 Å². The van der Waals surface area contributed by atoms with Crippen molar-refractivity contribution in [2.75, 3.05) is 13.1 Å². The van der Waals surface area contributed by atoms with Crippen LogP contribution in [-0.4, -0.2) is 29.3 Å². The van der Waals surface area contributed by atoms with Gasteiger partial charge in [-0.2, -0.15) is 0 Å². The van der Waals surface area contributed by atoms with E-state index in [0.717, 1.165) is 38.8 Å². The molecular weight excluding hydrogens is 174 g/mol.